The van der Waals surface area contributed by atoms with Gasteiger partial charge in [-0.2, -0.15) is 0 Å². The van der Waals surface area contributed by atoms with Crippen LogP contribution in [0.2, 0.25) is 0 Å². The second-order valence-corrected chi connectivity index (χ2v) is 5.94. The van der Waals surface area contributed by atoms with Gasteiger partial charge in [0.05, 0.1) is 12.5 Å². The zero-order valence-electron chi connectivity index (χ0n) is 13.3. The van der Waals surface area contributed by atoms with E-state index in [1.54, 1.807) is 39.4 Å². The van der Waals surface area contributed by atoms with Crippen LogP contribution in [0, 0.1) is 0 Å². The summed E-state index contributed by atoms with van der Waals surface area (Å²) in [6.45, 7) is 1.16. The van der Waals surface area contributed by atoms with E-state index in [-0.39, 0.29) is 17.6 Å². The molecular weight excluding hydrogens is 310 g/mol. The highest BCUT2D eigenvalue weighted by Gasteiger charge is 2.28. The zero-order valence-corrected chi connectivity index (χ0v) is 13.3. The van der Waals surface area contributed by atoms with Gasteiger partial charge >= 0.3 is 5.69 Å². The number of hydrogen-bond donors (Lipinski definition) is 0. The predicted molar refractivity (Wildman–Crippen MR) is 85.7 cm³/mol. The van der Waals surface area contributed by atoms with Crippen LogP contribution in [0.3, 0.4) is 0 Å². The molecule has 8 heteroatoms. The highest BCUT2D eigenvalue weighted by Crippen LogP contribution is 2.25. The SMILES string of the molecule is Cn1c(=O)n(C2CCN(C(=O)c3ccco3)CC2)c2ncncc21. The molecule has 3 aromatic heterocycles. The molecule has 124 valence electrons. The second kappa shape index (κ2) is 5.63. The molecule has 0 aromatic carbocycles. The minimum absolute atomic E-state index is 0.0248. The van der Waals surface area contributed by atoms with Gasteiger partial charge in [0.1, 0.15) is 11.8 Å². The Hall–Kier alpha value is -2.90. The number of carbonyl (C=O) groups excluding carboxylic acids is 1. The van der Waals surface area contributed by atoms with Gasteiger partial charge in [0.25, 0.3) is 5.91 Å². The van der Waals surface area contributed by atoms with Crippen LogP contribution in [0.15, 0.2) is 40.1 Å². The molecule has 0 atom stereocenters. The first-order chi connectivity index (χ1) is 11.7. The maximum atomic E-state index is 12.6. The number of amides is 1. The molecule has 0 bridgehead atoms. The normalized spacial score (nSPS) is 16.0. The van der Waals surface area contributed by atoms with E-state index >= 15 is 0 Å². The van der Waals surface area contributed by atoms with Crippen LogP contribution in [0.25, 0.3) is 11.2 Å². The molecule has 1 fully saturated rings. The van der Waals surface area contributed by atoms with Crippen LogP contribution in [-0.2, 0) is 7.05 Å². The highest BCUT2D eigenvalue weighted by atomic mass is 16.3. The Labute approximate surface area is 137 Å². The molecule has 4 heterocycles. The monoisotopic (exact) mass is 327 g/mol. The first-order valence-electron chi connectivity index (χ1n) is 7.86. The van der Waals surface area contributed by atoms with Crippen LogP contribution in [0.4, 0.5) is 0 Å². The molecule has 0 unspecified atom stereocenters. The van der Waals surface area contributed by atoms with Crippen molar-refractivity contribution in [1.82, 2.24) is 24.0 Å². The molecule has 0 radical (unpaired) electrons. The van der Waals surface area contributed by atoms with E-state index in [0.717, 1.165) is 5.52 Å². The zero-order chi connectivity index (χ0) is 16.7. The summed E-state index contributed by atoms with van der Waals surface area (Å²) >= 11 is 0. The Morgan fingerprint density at radius 1 is 1.33 bits per heavy atom. The molecule has 4 rings (SSSR count). The molecular formula is C16H17N5O3. The van der Waals surface area contributed by atoms with Gasteiger partial charge in [0, 0.05) is 26.2 Å². The van der Waals surface area contributed by atoms with Crippen molar-refractivity contribution in [3.8, 4) is 0 Å². The van der Waals surface area contributed by atoms with Gasteiger partial charge in [0.15, 0.2) is 11.4 Å². The van der Waals surface area contributed by atoms with E-state index in [4.69, 9.17) is 4.42 Å². The standard InChI is InChI=1S/C16H17N5O3/c1-19-12-9-17-10-18-14(12)21(16(19)23)11-4-6-20(7-5-11)15(22)13-3-2-8-24-13/h2-3,8-11H,4-7H2,1H3. The molecule has 8 nitrogen and oxygen atoms in total. The molecule has 1 aliphatic heterocycles. The number of hydrogen-bond acceptors (Lipinski definition) is 5. The molecule has 1 amide bonds. The third kappa shape index (κ3) is 2.22. The van der Waals surface area contributed by atoms with Crippen molar-refractivity contribution in [3.63, 3.8) is 0 Å². The summed E-state index contributed by atoms with van der Waals surface area (Å²) in [6.07, 6.45) is 6.00. The lowest BCUT2D eigenvalue weighted by atomic mass is 10.0. The van der Waals surface area contributed by atoms with Crippen molar-refractivity contribution in [3.05, 3.63) is 47.2 Å². The Balaban J connectivity index is 1.58. The summed E-state index contributed by atoms with van der Waals surface area (Å²) in [6, 6.07) is 3.40. The van der Waals surface area contributed by atoms with E-state index in [1.165, 1.54) is 12.6 Å². The molecule has 24 heavy (non-hydrogen) atoms. The molecule has 0 N–H and O–H groups in total. The van der Waals surface area contributed by atoms with E-state index < -0.39 is 0 Å². The van der Waals surface area contributed by atoms with Crippen molar-refractivity contribution in [2.24, 2.45) is 7.05 Å². The fraction of sp³-hybridized carbons (Fsp3) is 0.375. The van der Waals surface area contributed by atoms with Crippen LogP contribution in [0.1, 0.15) is 29.4 Å². The number of aryl methyl sites for hydroxylation is 1. The predicted octanol–water partition coefficient (Wildman–Crippen LogP) is 1.20. The van der Waals surface area contributed by atoms with Crippen molar-refractivity contribution >= 4 is 17.1 Å². The van der Waals surface area contributed by atoms with E-state index in [2.05, 4.69) is 9.97 Å². The van der Waals surface area contributed by atoms with Crippen LogP contribution >= 0.6 is 0 Å². The molecule has 0 aliphatic carbocycles. The number of rotatable bonds is 2. The Bertz CT molecular complexity index is 932. The van der Waals surface area contributed by atoms with Gasteiger partial charge in [-0.25, -0.2) is 14.8 Å². The van der Waals surface area contributed by atoms with Gasteiger partial charge in [-0.3, -0.25) is 13.9 Å². The number of piperidine rings is 1. The summed E-state index contributed by atoms with van der Waals surface area (Å²) in [5.41, 5.74) is 1.27. The van der Waals surface area contributed by atoms with Gasteiger partial charge < -0.3 is 9.32 Å². The molecule has 0 spiro atoms. The van der Waals surface area contributed by atoms with Crippen LogP contribution < -0.4 is 5.69 Å². The van der Waals surface area contributed by atoms with Crippen LogP contribution in [-0.4, -0.2) is 43.0 Å². The molecule has 3 aromatic rings. The topological polar surface area (TPSA) is 86.2 Å². The van der Waals surface area contributed by atoms with Crippen molar-refractivity contribution in [2.45, 2.75) is 18.9 Å². The smallest absolute Gasteiger partial charge is 0.330 e. The number of nitrogens with zero attached hydrogens (tertiary/aromatic N) is 5. The maximum Gasteiger partial charge on any atom is 0.330 e. The summed E-state index contributed by atoms with van der Waals surface area (Å²) < 4.78 is 8.47. The quantitative estimate of drug-likeness (QED) is 0.706. The Morgan fingerprint density at radius 3 is 2.83 bits per heavy atom. The van der Waals surface area contributed by atoms with Gasteiger partial charge in [-0.15, -0.1) is 0 Å². The Kier molecular flexibility index (Phi) is 3.44. The number of furan rings is 1. The lowest BCUT2D eigenvalue weighted by Crippen LogP contribution is -2.40. The van der Waals surface area contributed by atoms with Gasteiger partial charge in [-0.05, 0) is 25.0 Å². The van der Waals surface area contributed by atoms with Crippen molar-refractivity contribution in [2.75, 3.05) is 13.1 Å². The largest absolute Gasteiger partial charge is 0.459 e. The molecule has 0 saturated carbocycles. The summed E-state index contributed by atoms with van der Waals surface area (Å²) in [5, 5.41) is 0. The fourth-order valence-corrected chi connectivity index (χ4v) is 3.31. The molecule has 1 saturated heterocycles. The average molecular weight is 327 g/mol. The number of aromatic nitrogens is 4. The lowest BCUT2D eigenvalue weighted by molar-refractivity contribution is 0.0662. The fourth-order valence-electron chi connectivity index (χ4n) is 3.31. The third-order valence-electron chi connectivity index (χ3n) is 4.60. The number of imidazole rings is 1. The first-order valence-corrected chi connectivity index (χ1v) is 7.86. The van der Waals surface area contributed by atoms with E-state index in [1.807, 2.05) is 0 Å². The average Bonchev–Trinajstić information content (AvgIpc) is 3.23. The molecule has 1 aliphatic rings. The van der Waals surface area contributed by atoms with Gasteiger partial charge in [0.2, 0.25) is 0 Å². The first kappa shape index (κ1) is 14.7. The number of fused-ring (bicyclic) bond motifs is 1. The summed E-state index contributed by atoms with van der Waals surface area (Å²) in [7, 11) is 1.72. The van der Waals surface area contributed by atoms with Crippen molar-refractivity contribution < 1.29 is 9.21 Å². The Morgan fingerprint density at radius 2 is 2.12 bits per heavy atom. The third-order valence-corrected chi connectivity index (χ3v) is 4.60. The summed E-state index contributed by atoms with van der Waals surface area (Å²) in [4.78, 5) is 34.9. The maximum absolute atomic E-state index is 12.6. The summed E-state index contributed by atoms with van der Waals surface area (Å²) in [5.74, 6) is 0.245. The minimum atomic E-state index is -0.106. The van der Waals surface area contributed by atoms with Crippen LogP contribution in [0.5, 0.6) is 0 Å². The van der Waals surface area contributed by atoms with E-state index in [0.29, 0.717) is 37.3 Å². The van der Waals surface area contributed by atoms with E-state index in [9.17, 15) is 9.59 Å². The lowest BCUT2D eigenvalue weighted by Gasteiger charge is -2.31. The van der Waals surface area contributed by atoms with Gasteiger partial charge in [-0.1, -0.05) is 0 Å². The van der Waals surface area contributed by atoms with Crippen molar-refractivity contribution in [1.29, 1.82) is 0 Å². The highest BCUT2D eigenvalue weighted by molar-refractivity contribution is 5.91. The number of likely N-dealkylation sites (tertiary alicyclic amines) is 1. The minimum Gasteiger partial charge on any atom is -0.459 e. The second-order valence-electron chi connectivity index (χ2n) is 5.94. The number of carbonyl (C=O) groups is 1.